The standard InChI is InChI=1S/C26H44O5/c1-20(2)12-8-7-9-13-23(28)18-16-22-17-19-25(31-21(3)27)24(22)14-10-5-6-11-15-26(29)30-4/h12,16,18,22-25,28H,5-11,13-15,17,19H2,1-4H3/b18-16+/t22-,23?,24+,25-/m0/s1. The number of hydrogen-bond donors (Lipinski definition) is 1. The molecular formula is C26H44O5. The van der Waals surface area contributed by atoms with Crippen LogP contribution in [0, 0.1) is 11.8 Å². The Kier molecular flexibility index (Phi) is 14.2. The summed E-state index contributed by atoms with van der Waals surface area (Å²) in [5, 5.41) is 10.3. The van der Waals surface area contributed by atoms with E-state index in [0.29, 0.717) is 18.3 Å². The lowest BCUT2D eigenvalue weighted by molar-refractivity contribution is -0.148. The quantitative estimate of drug-likeness (QED) is 0.196. The summed E-state index contributed by atoms with van der Waals surface area (Å²) in [5.74, 6) is 0.297. The number of ether oxygens (including phenoxy) is 2. The second kappa shape index (κ2) is 16.1. The number of methoxy groups -OCH3 is 1. The highest BCUT2D eigenvalue weighted by atomic mass is 16.5. The van der Waals surface area contributed by atoms with Crippen molar-refractivity contribution in [1.82, 2.24) is 0 Å². The van der Waals surface area contributed by atoms with Gasteiger partial charge in [0.25, 0.3) is 0 Å². The van der Waals surface area contributed by atoms with Crippen LogP contribution in [-0.4, -0.2) is 36.4 Å². The average molecular weight is 437 g/mol. The molecule has 1 aliphatic carbocycles. The maximum absolute atomic E-state index is 11.5. The number of hydrogen-bond acceptors (Lipinski definition) is 5. The van der Waals surface area contributed by atoms with Crippen LogP contribution in [0.3, 0.4) is 0 Å². The van der Waals surface area contributed by atoms with E-state index in [2.05, 4.69) is 30.7 Å². The molecule has 4 atom stereocenters. The van der Waals surface area contributed by atoms with Gasteiger partial charge in [0.2, 0.25) is 0 Å². The van der Waals surface area contributed by atoms with E-state index in [-0.39, 0.29) is 18.0 Å². The molecule has 1 N–H and O–H groups in total. The highest BCUT2D eigenvalue weighted by molar-refractivity contribution is 5.69. The topological polar surface area (TPSA) is 72.8 Å². The minimum absolute atomic E-state index is 0.0246. The van der Waals surface area contributed by atoms with E-state index in [1.807, 2.05) is 6.08 Å². The van der Waals surface area contributed by atoms with Crippen LogP contribution in [0.5, 0.6) is 0 Å². The number of rotatable bonds is 15. The van der Waals surface area contributed by atoms with Crippen molar-refractivity contribution in [3.63, 3.8) is 0 Å². The van der Waals surface area contributed by atoms with Gasteiger partial charge in [-0.25, -0.2) is 0 Å². The van der Waals surface area contributed by atoms with Crippen LogP contribution in [0.1, 0.15) is 97.8 Å². The molecule has 0 aromatic rings. The average Bonchev–Trinajstić information content (AvgIpc) is 3.08. The Morgan fingerprint density at radius 2 is 1.77 bits per heavy atom. The van der Waals surface area contributed by atoms with Crippen LogP contribution in [0.25, 0.3) is 0 Å². The first-order valence-corrected chi connectivity index (χ1v) is 12.1. The fraction of sp³-hybridized carbons (Fsp3) is 0.769. The molecule has 178 valence electrons. The fourth-order valence-electron chi connectivity index (χ4n) is 4.42. The SMILES string of the molecule is COC(=O)CCCCCC[C@H]1[C@@H](OC(C)=O)CC[C@@H]1/C=C/C(O)CCCCC=C(C)C. The van der Waals surface area contributed by atoms with E-state index in [4.69, 9.17) is 4.74 Å². The lowest BCUT2D eigenvalue weighted by Gasteiger charge is -2.23. The number of carbonyl (C=O) groups excluding carboxylic acids is 2. The zero-order chi connectivity index (χ0) is 23.1. The van der Waals surface area contributed by atoms with Crippen LogP contribution in [0.4, 0.5) is 0 Å². The van der Waals surface area contributed by atoms with Gasteiger partial charge in [-0.1, -0.05) is 49.5 Å². The van der Waals surface area contributed by atoms with Gasteiger partial charge in [0.15, 0.2) is 0 Å². The smallest absolute Gasteiger partial charge is 0.305 e. The molecule has 0 aromatic heterocycles. The molecule has 1 aliphatic rings. The molecule has 0 saturated heterocycles. The monoisotopic (exact) mass is 436 g/mol. The molecule has 0 spiro atoms. The third-order valence-corrected chi connectivity index (χ3v) is 6.11. The molecule has 5 nitrogen and oxygen atoms in total. The van der Waals surface area contributed by atoms with Crippen molar-refractivity contribution in [1.29, 1.82) is 0 Å². The minimum atomic E-state index is -0.404. The molecule has 1 saturated carbocycles. The summed E-state index contributed by atoms with van der Waals surface area (Å²) in [7, 11) is 1.42. The van der Waals surface area contributed by atoms with Crippen molar-refractivity contribution >= 4 is 11.9 Å². The molecule has 1 unspecified atom stereocenters. The zero-order valence-corrected chi connectivity index (χ0v) is 20.1. The number of allylic oxidation sites excluding steroid dienone is 3. The molecule has 0 amide bonds. The second-order valence-electron chi connectivity index (χ2n) is 9.10. The van der Waals surface area contributed by atoms with Crippen molar-refractivity contribution in [3.8, 4) is 0 Å². The van der Waals surface area contributed by atoms with E-state index in [0.717, 1.165) is 70.6 Å². The number of unbranched alkanes of at least 4 members (excludes halogenated alkanes) is 5. The summed E-state index contributed by atoms with van der Waals surface area (Å²) in [6, 6.07) is 0. The van der Waals surface area contributed by atoms with Crippen LogP contribution < -0.4 is 0 Å². The Morgan fingerprint density at radius 1 is 1.03 bits per heavy atom. The Labute approximate surface area is 189 Å². The maximum Gasteiger partial charge on any atom is 0.305 e. The van der Waals surface area contributed by atoms with E-state index >= 15 is 0 Å². The molecule has 1 rings (SSSR count). The Balaban J connectivity index is 2.44. The molecular weight excluding hydrogens is 392 g/mol. The first-order chi connectivity index (χ1) is 14.8. The third-order valence-electron chi connectivity index (χ3n) is 6.11. The highest BCUT2D eigenvalue weighted by Gasteiger charge is 2.36. The summed E-state index contributed by atoms with van der Waals surface area (Å²) < 4.78 is 10.3. The van der Waals surface area contributed by atoms with Gasteiger partial charge < -0.3 is 14.6 Å². The summed E-state index contributed by atoms with van der Waals surface area (Å²) >= 11 is 0. The van der Waals surface area contributed by atoms with Gasteiger partial charge in [-0.2, -0.15) is 0 Å². The zero-order valence-electron chi connectivity index (χ0n) is 20.1. The normalized spacial score (nSPS) is 21.8. The molecule has 0 aliphatic heterocycles. The number of aliphatic hydroxyl groups is 1. The Hall–Kier alpha value is -1.62. The van der Waals surface area contributed by atoms with Crippen LogP contribution in [0.15, 0.2) is 23.8 Å². The van der Waals surface area contributed by atoms with Crippen molar-refractivity contribution in [3.05, 3.63) is 23.8 Å². The van der Waals surface area contributed by atoms with Gasteiger partial charge >= 0.3 is 11.9 Å². The molecule has 31 heavy (non-hydrogen) atoms. The van der Waals surface area contributed by atoms with E-state index in [9.17, 15) is 14.7 Å². The molecule has 0 heterocycles. The van der Waals surface area contributed by atoms with Gasteiger partial charge in [0.1, 0.15) is 6.10 Å². The van der Waals surface area contributed by atoms with Crippen LogP contribution in [0.2, 0.25) is 0 Å². The van der Waals surface area contributed by atoms with Gasteiger partial charge in [0, 0.05) is 19.3 Å². The molecule has 5 heteroatoms. The molecule has 0 bridgehead atoms. The highest BCUT2D eigenvalue weighted by Crippen LogP contribution is 2.39. The number of carbonyl (C=O) groups is 2. The second-order valence-corrected chi connectivity index (χ2v) is 9.10. The molecule has 0 radical (unpaired) electrons. The van der Waals surface area contributed by atoms with Crippen molar-refractivity contribution in [2.45, 2.75) is 110 Å². The van der Waals surface area contributed by atoms with Crippen molar-refractivity contribution in [2.24, 2.45) is 11.8 Å². The van der Waals surface area contributed by atoms with Crippen molar-refractivity contribution < 1.29 is 24.2 Å². The first kappa shape index (κ1) is 27.4. The van der Waals surface area contributed by atoms with E-state index in [1.165, 1.54) is 19.6 Å². The fourth-order valence-corrected chi connectivity index (χ4v) is 4.42. The molecule has 0 aromatic carbocycles. The molecule has 1 fully saturated rings. The van der Waals surface area contributed by atoms with E-state index < -0.39 is 6.10 Å². The largest absolute Gasteiger partial charge is 0.469 e. The third kappa shape index (κ3) is 12.7. The lowest BCUT2D eigenvalue weighted by atomic mass is 9.88. The lowest BCUT2D eigenvalue weighted by Crippen LogP contribution is -2.24. The summed E-state index contributed by atoms with van der Waals surface area (Å²) in [6.45, 7) is 5.70. The van der Waals surface area contributed by atoms with Gasteiger partial charge in [-0.3, -0.25) is 9.59 Å². The van der Waals surface area contributed by atoms with Crippen LogP contribution >= 0.6 is 0 Å². The van der Waals surface area contributed by atoms with Crippen molar-refractivity contribution in [2.75, 3.05) is 7.11 Å². The Morgan fingerprint density at radius 3 is 2.45 bits per heavy atom. The predicted octanol–water partition coefficient (Wildman–Crippen LogP) is 5.90. The minimum Gasteiger partial charge on any atom is -0.469 e. The number of esters is 2. The maximum atomic E-state index is 11.5. The van der Waals surface area contributed by atoms with E-state index in [1.54, 1.807) is 0 Å². The summed E-state index contributed by atoms with van der Waals surface area (Å²) in [4.78, 5) is 22.7. The van der Waals surface area contributed by atoms with Crippen LogP contribution in [-0.2, 0) is 19.1 Å². The predicted molar refractivity (Wildman–Crippen MR) is 125 cm³/mol. The van der Waals surface area contributed by atoms with Gasteiger partial charge in [-0.05, 0) is 64.7 Å². The first-order valence-electron chi connectivity index (χ1n) is 12.1. The Bertz CT molecular complexity index is 576. The van der Waals surface area contributed by atoms with Gasteiger partial charge in [-0.15, -0.1) is 0 Å². The van der Waals surface area contributed by atoms with Gasteiger partial charge in [0.05, 0.1) is 13.2 Å². The summed E-state index contributed by atoms with van der Waals surface area (Å²) in [6.07, 6.45) is 17.3. The number of aliphatic hydroxyl groups excluding tert-OH is 1. The summed E-state index contributed by atoms with van der Waals surface area (Å²) in [5.41, 5.74) is 1.35.